The summed E-state index contributed by atoms with van der Waals surface area (Å²) >= 11 is 3.54. The first-order valence-corrected chi connectivity index (χ1v) is 8.01. The first-order chi connectivity index (χ1) is 8.45. The van der Waals surface area contributed by atoms with Gasteiger partial charge in [0.1, 0.15) is 0 Å². The largest absolute Gasteiger partial charge is 0.394 e. The van der Waals surface area contributed by atoms with E-state index in [4.69, 9.17) is 0 Å². The average Bonchev–Trinajstić information content (AvgIpc) is 2.80. The van der Waals surface area contributed by atoms with E-state index in [1.165, 1.54) is 10.4 Å². The average molecular weight is 285 g/mol. The second-order valence-electron chi connectivity index (χ2n) is 5.20. The summed E-state index contributed by atoms with van der Waals surface area (Å²) in [5.74, 6) is 2.18. The number of hydrogen-bond acceptors (Lipinski definition) is 4. The lowest BCUT2D eigenvalue weighted by molar-refractivity contribution is 0.0478. The second-order valence-corrected chi connectivity index (χ2v) is 7.44. The molecule has 0 fully saturated rings. The molecular formula is C13H19NO2S2. The van der Waals surface area contributed by atoms with Gasteiger partial charge in [0, 0.05) is 17.7 Å². The standard InChI is InChI=1S/C13H19NO2S2/c1-13(2,8-15)14(3)12(16)11-6-9-7-17-5-4-10(9)18-11/h6,15H,4-5,7-8H2,1-3H3. The van der Waals surface area contributed by atoms with E-state index in [1.54, 1.807) is 23.3 Å². The highest BCUT2D eigenvalue weighted by Crippen LogP contribution is 2.32. The normalized spacial score (nSPS) is 15.3. The molecule has 0 spiro atoms. The van der Waals surface area contributed by atoms with E-state index < -0.39 is 5.54 Å². The first-order valence-electron chi connectivity index (χ1n) is 6.04. The highest BCUT2D eigenvalue weighted by molar-refractivity contribution is 7.98. The Hall–Kier alpha value is -0.520. The van der Waals surface area contributed by atoms with E-state index in [1.807, 2.05) is 31.7 Å². The smallest absolute Gasteiger partial charge is 0.264 e. The Balaban J connectivity index is 2.21. The van der Waals surface area contributed by atoms with Crippen LogP contribution in [0.5, 0.6) is 0 Å². The molecule has 3 nitrogen and oxygen atoms in total. The molecule has 0 aromatic carbocycles. The highest BCUT2D eigenvalue weighted by atomic mass is 32.2. The molecule has 18 heavy (non-hydrogen) atoms. The van der Waals surface area contributed by atoms with E-state index in [9.17, 15) is 9.90 Å². The summed E-state index contributed by atoms with van der Waals surface area (Å²) in [6.07, 6.45) is 1.07. The summed E-state index contributed by atoms with van der Waals surface area (Å²) in [5, 5.41) is 9.33. The van der Waals surface area contributed by atoms with Gasteiger partial charge in [0.05, 0.1) is 17.0 Å². The molecule has 0 atom stereocenters. The van der Waals surface area contributed by atoms with Gasteiger partial charge < -0.3 is 10.0 Å². The van der Waals surface area contributed by atoms with Crippen LogP contribution in [-0.4, -0.2) is 40.9 Å². The van der Waals surface area contributed by atoms with Gasteiger partial charge in [0.2, 0.25) is 0 Å². The van der Waals surface area contributed by atoms with Crippen LogP contribution >= 0.6 is 23.1 Å². The minimum Gasteiger partial charge on any atom is -0.394 e. The fraction of sp³-hybridized carbons (Fsp3) is 0.615. The molecule has 1 aromatic rings. The molecule has 0 saturated heterocycles. The number of carbonyl (C=O) groups is 1. The van der Waals surface area contributed by atoms with Crippen molar-refractivity contribution in [3.8, 4) is 0 Å². The third kappa shape index (κ3) is 2.58. The van der Waals surface area contributed by atoms with Crippen LogP contribution in [0, 0.1) is 0 Å². The van der Waals surface area contributed by atoms with E-state index in [0.29, 0.717) is 0 Å². The molecule has 1 aliphatic heterocycles. The van der Waals surface area contributed by atoms with Crippen molar-refractivity contribution in [1.82, 2.24) is 4.90 Å². The van der Waals surface area contributed by atoms with Gasteiger partial charge >= 0.3 is 0 Å². The zero-order valence-corrected chi connectivity index (χ0v) is 12.7. The number of nitrogens with zero attached hydrogens (tertiary/aromatic N) is 1. The Morgan fingerprint density at radius 1 is 1.56 bits per heavy atom. The van der Waals surface area contributed by atoms with Crippen LogP contribution in [0.15, 0.2) is 6.07 Å². The quantitative estimate of drug-likeness (QED) is 0.927. The predicted octanol–water partition coefficient (Wildman–Crippen LogP) is 2.38. The Kier molecular flexibility index (Phi) is 4.04. The van der Waals surface area contributed by atoms with Gasteiger partial charge in [-0.2, -0.15) is 11.8 Å². The molecule has 1 amide bonds. The maximum absolute atomic E-state index is 12.4. The van der Waals surface area contributed by atoms with Gasteiger partial charge in [-0.3, -0.25) is 4.79 Å². The Morgan fingerprint density at radius 3 is 2.89 bits per heavy atom. The van der Waals surface area contributed by atoms with Gasteiger partial charge in [-0.25, -0.2) is 0 Å². The summed E-state index contributed by atoms with van der Waals surface area (Å²) in [5.41, 5.74) is 0.797. The SMILES string of the molecule is CN(C(=O)c1cc2c(s1)CCSC2)C(C)(C)CO. The van der Waals surface area contributed by atoms with Crippen molar-refractivity contribution < 1.29 is 9.90 Å². The van der Waals surface area contributed by atoms with Crippen molar-refractivity contribution in [2.45, 2.75) is 31.6 Å². The Morgan fingerprint density at radius 2 is 2.28 bits per heavy atom. The molecule has 0 saturated carbocycles. The van der Waals surface area contributed by atoms with E-state index in [0.717, 1.165) is 22.8 Å². The number of aryl methyl sites for hydroxylation is 1. The van der Waals surface area contributed by atoms with Crippen LogP contribution in [0.3, 0.4) is 0 Å². The van der Waals surface area contributed by atoms with Crippen molar-refractivity contribution in [3.05, 3.63) is 21.4 Å². The predicted molar refractivity (Wildman–Crippen MR) is 77.4 cm³/mol. The van der Waals surface area contributed by atoms with Crippen molar-refractivity contribution in [2.75, 3.05) is 19.4 Å². The number of carbonyl (C=O) groups excluding carboxylic acids is 1. The van der Waals surface area contributed by atoms with Gasteiger partial charge in [0.15, 0.2) is 0 Å². The summed E-state index contributed by atoms with van der Waals surface area (Å²) in [6.45, 7) is 3.71. The topological polar surface area (TPSA) is 40.5 Å². The lowest BCUT2D eigenvalue weighted by Crippen LogP contribution is -2.47. The number of hydrogen-bond donors (Lipinski definition) is 1. The van der Waals surface area contributed by atoms with Gasteiger partial charge in [-0.15, -0.1) is 11.3 Å². The minimum absolute atomic E-state index is 0.0125. The molecule has 0 bridgehead atoms. The molecule has 2 rings (SSSR count). The first kappa shape index (κ1) is 13.9. The lowest BCUT2D eigenvalue weighted by atomic mass is 10.0. The monoisotopic (exact) mass is 285 g/mol. The van der Waals surface area contributed by atoms with Crippen LogP contribution in [0.25, 0.3) is 0 Å². The third-order valence-corrected chi connectivity index (χ3v) is 5.67. The van der Waals surface area contributed by atoms with Gasteiger partial charge in [0.25, 0.3) is 5.91 Å². The molecule has 0 unspecified atom stereocenters. The number of rotatable bonds is 3. The molecule has 100 valence electrons. The van der Waals surface area contributed by atoms with Crippen molar-refractivity contribution in [2.24, 2.45) is 0 Å². The van der Waals surface area contributed by atoms with Crippen LogP contribution in [0.4, 0.5) is 0 Å². The zero-order chi connectivity index (χ0) is 13.3. The zero-order valence-electron chi connectivity index (χ0n) is 11.0. The number of likely N-dealkylation sites (N-methyl/N-ethyl adjacent to an activating group) is 1. The van der Waals surface area contributed by atoms with Crippen LogP contribution in [0.2, 0.25) is 0 Å². The van der Waals surface area contributed by atoms with Gasteiger partial charge in [-0.1, -0.05) is 0 Å². The number of fused-ring (bicyclic) bond motifs is 1. The molecule has 1 N–H and O–H groups in total. The fourth-order valence-electron chi connectivity index (χ4n) is 1.80. The highest BCUT2D eigenvalue weighted by Gasteiger charge is 2.29. The van der Waals surface area contributed by atoms with Crippen molar-refractivity contribution in [1.29, 1.82) is 0 Å². The molecule has 0 radical (unpaired) electrons. The van der Waals surface area contributed by atoms with Crippen molar-refractivity contribution >= 4 is 29.0 Å². The molecule has 1 aliphatic rings. The molecule has 2 heterocycles. The summed E-state index contributed by atoms with van der Waals surface area (Å²) in [4.78, 5) is 16.2. The summed E-state index contributed by atoms with van der Waals surface area (Å²) in [6, 6.07) is 2.03. The maximum atomic E-state index is 12.4. The summed E-state index contributed by atoms with van der Waals surface area (Å²) < 4.78 is 0. The van der Waals surface area contributed by atoms with Crippen LogP contribution in [0.1, 0.15) is 34.0 Å². The number of thiophene rings is 1. The second kappa shape index (κ2) is 5.23. The van der Waals surface area contributed by atoms with Crippen LogP contribution in [-0.2, 0) is 12.2 Å². The molecule has 1 aromatic heterocycles. The fourth-order valence-corrected chi connectivity index (χ4v) is 4.15. The number of aliphatic hydroxyl groups excluding tert-OH is 1. The summed E-state index contributed by atoms with van der Waals surface area (Å²) in [7, 11) is 1.76. The molecular weight excluding hydrogens is 266 g/mol. The van der Waals surface area contributed by atoms with Crippen LogP contribution < -0.4 is 0 Å². The number of amides is 1. The maximum Gasteiger partial charge on any atom is 0.264 e. The molecule has 0 aliphatic carbocycles. The lowest BCUT2D eigenvalue weighted by Gasteiger charge is -2.33. The third-order valence-electron chi connectivity index (χ3n) is 3.44. The number of aliphatic hydroxyl groups is 1. The van der Waals surface area contributed by atoms with Crippen molar-refractivity contribution in [3.63, 3.8) is 0 Å². The molecule has 5 heteroatoms. The van der Waals surface area contributed by atoms with E-state index >= 15 is 0 Å². The Labute approximate surface area is 116 Å². The van der Waals surface area contributed by atoms with E-state index in [2.05, 4.69) is 0 Å². The number of thioether (sulfide) groups is 1. The minimum atomic E-state index is -0.518. The van der Waals surface area contributed by atoms with E-state index in [-0.39, 0.29) is 12.5 Å². The Bertz CT molecular complexity index is 430. The van der Waals surface area contributed by atoms with Gasteiger partial charge in [-0.05, 0) is 37.7 Å².